The Morgan fingerprint density at radius 3 is 2.41 bits per heavy atom. The molecule has 0 fully saturated rings. The summed E-state index contributed by atoms with van der Waals surface area (Å²) in [4.78, 5) is 12.9. The van der Waals surface area contributed by atoms with Crippen LogP contribution in [0.5, 0.6) is 0 Å². The molecule has 1 N–H and O–H groups in total. The van der Waals surface area contributed by atoms with E-state index in [0.29, 0.717) is 10.6 Å². The minimum atomic E-state index is -4.86. The van der Waals surface area contributed by atoms with E-state index in [9.17, 15) is 23.1 Å². The molecule has 0 saturated carbocycles. The number of aromatic nitrogens is 3. The minimum absolute atomic E-state index is 0.0280. The van der Waals surface area contributed by atoms with Crippen molar-refractivity contribution >= 4 is 11.6 Å². The van der Waals surface area contributed by atoms with Crippen molar-refractivity contribution in [3.8, 4) is 11.4 Å². The molecule has 0 aliphatic carbocycles. The maximum atomic E-state index is 12.9. The molecule has 29 heavy (non-hydrogen) atoms. The maximum Gasteiger partial charge on any atom is 0.416 e. The predicted octanol–water partition coefficient (Wildman–Crippen LogP) is 3.95. The second kappa shape index (κ2) is 8.04. The van der Waals surface area contributed by atoms with Gasteiger partial charge in [-0.3, -0.25) is 4.57 Å². The molecule has 2 aromatic carbocycles. The van der Waals surface area contributed by atoms with Crippen molar-refractivity contribution in [2.24, 2.45) is 0 Å². The molecule has 1 atom stereocenters. The summed E-state index contributed by atoms with van der Waals surface area (Å²) >= 11 is 5.88. The van der Waals surface area contributed by atoms with Crippen molar-refractivity contribution in [2.75, 3.05) is 0 Å². The fourth-order valence-electron chi connectivity index (χ4n) is 2.94. The van der Waals surface area contributed by atoms with Gasteiger partial charge in [0.15, 0.2) is 11.9 Å². The Bertz CT molecular complexity index is 1070. The van der Waals surface area contributed by atoms with E-state index in [0.717, 1.165) is 25.9 Å². The molecule has 0 bridgehead atoms. The summed E-state index contributed by atoms with van der Waals surface area (Å²) in [6.45, 7) is 2.98. The number of benzene rings is 2. The molecule has 0 amide bonds. The fraction of sp³-hybridized carbons (Fsp3) is 0.300. The molecule has 0 spiro atoms. The van der Waals surface area contributed by atoms with E-state index < -0.39 is 24.5 Å². The largest absolute Gasteiger partial charge is 0.416 e. The molecular formula is C20H19ClF3N3O2. The van der Waals surface area contributed by atoms with Gasteiger partial charge >= 0.3 is 11.9 Å². The Balaban J connectivity index is 2.08. The highest BCUT2D eigenvalue weighted by atomic mass is 35.5. The van der Waals surface area contributed by atoms with Crippen LogP contribution in [0.1, 0.15) is 16.7 Å². The zero-order chi connectivity index (χ0) is 21.3. The molecule has 0 aliphatic heterocycles. The number of hydrogen-bond donors (Lipinski definition) is 1. The van der Waals surface area contributed by atoms with E-state index in [2.05, 4.69) is 5.10 Å². The first-order valence-corrected chi connectivity index (χ1v) is 9.19. The first kappa shape index (κ1) is 21.1. The number of hydrogen-bond acceptors (Lipinski definition) is 3. The topological polar surface area (TPSA) is 60.1 Å². The number of aliphatic hydroxyl groups excluding tert-OH is 1. The first-order chi connectivity index (χ1) is 13.6. The van der Waals surface area contributed by atoms with Gasteiger partial charge < -0.3 is 5.11 Å². The van der Waals surface area contributed by atoms with Gasteiger partial charge in [0.1, 0.15) is 0 Å². The lowest BCUT2D eigenvalue weighted by atomic mass is 10.0. The SMILES string of the molecule is Cc1cccc(Cn2nc(-c3ccc(Cl)cc3)n(C[C@H](O)C(F)(F)F)c2=O)c1C. The highest BCUT2D eigenvalue weighted by Gasteiger charge is 2.39. The summed E-state index contributed by atoms with van der Waals surface area (Å²) in [7, 11) is 0. The first-order valence-electron chi connectivity index (χ1n) is 8.81. The molecule has 0 saturated heterocycles. The van der Waals surface area contributed by atoms with Gasteiger partial charge in [-0.15, -0.1) is 5.10 Å². The van der Waals surface area contributed by atoms with Gasteiger partial charge in [0.05, 0.1) is 13.1 Å². The van der Waals surface area contributed by atoms with E-state index in [1.54, 1.807) is 24.3 Å². The molecule has 9 heteroatoms. The maximum absolute atomic E-state index is 12.9. The zero-order valence-corrected chi connectivity index (χ0v) is 16.5. The molecule has 1 heterocycles. The van der Waals surface area contributed by atoms with Gasteiger partial charge in [-0.25, -0.2) is 9.48 Å². The smallest absolute Gasteiger partial charge is 0.382 e. The number of halogens is 4. The Hall–Kier alpha value is -2.58. The summed E-state index contributed by atoms with van der Waals surface area (Å²) in [5.41, 5.74) is 2.51. The molecule has 0 unspecified atom stereocenters. The molecule has 154 valence electrons. The molecule has 5 nitrogen and oxygen atoms in total. The summed E-state index contributed by atoms with van der Waals surface area (Å²) in [6, 6.07) is 11.8. The summed E-state index contributed by atoms with van der Waals surface area (Å²) in [6.07, 6.45) is -7.55. The number of alkyl halides is 3. The quantitative estimate of drug-likeness (QED) is 0.673. The van der Waals surface area contributed by atoms with E-state index in [4.69, 9.17) is 11.6 Å². The highest BCUT2D eigenvalue weighted by Crippen LogP contribution is 2.24. The second-order valence-corrected chi connectivity index (χ2v) is 7.23. The van der Waals surface area contributed by atoms with E-state index in [1.165, 1.54) is 0 Å². The average molecular weight is 426 g/mol. The van der Waals surface area contributed by atoms with Gasteiger partial charge in [0.2, 0.25) is 0 Å². The standard InChI is InChI=1S/C20H19ClF3N3O2/c1-12-4-3-5-15(13(12)2)10-27-19(29)26(11-17(28)20(22,23)24)18(25-27)14-6-8-16(21)9-7-14/h3-9,17,28H,10-11H2,1-2H3/t17-/m0/s1. The van der Waals surface area contributed by atoms with Crippen molar-refractivity contribution < 1.29 is 18.3 Å². The van der Waals surface area contributed by atoms with Crippen LogP contribution < -0.4 is 5.69 Å². The molecule has 0 aliphatic rings. The second-order valence-electron chi connectivity index (χ2n) is 6.80. The third-order valence-electron chi connectivity index (χ3n) is 4.80. The van der Waals surface area contributed by atoms with Crippen molar-refractivity contribution in [3.05, 3.63) is 74.7 Å². The number of rotatable bonds is 5. The van der Waals surface area contributed by atoms with E-state index in [1.807, 2.05) is 32.0 Å². The third kappa shape index (κ3) is 4.54. The van der Waals surface area contributed by atoms with Crippen molar-refractivity contribution in [1.82, 2.24) is 14.3 Å². The van der Waals surface area contributed by atoms with Gasteiger partial charge in [-0.1, -0.05) is 29.8 Å². The van der Waals surface area contributed by atoms with Crippen LogP contribution in [0.25, 0.3) is 11.4 Å². The summed E-state index contributed by atoms with van der Waals surface area (Å²) < 4.78 is 40.6. The third-order valence-corrected chi connectivity index (χ3v) is 5.05. The monoisotopic (exact) mass is 425 g/mol. The van der Waals surface area contributed by atoms with Crippen LogP contribution in [0.4, 0.5) is 13.2 Å². The van der Waals surface area contributed by atoms with E-state index >= 15 is 0 Å². The summed E-state index contributed by atoms with van der Waals surface area (Å²) in [5, 5.41) is 14.2. The molecule has 0 radical (unpaired) electrons. The van der Waals surface area contributed by atoms with Crippen LogP contribution in [-0.2, 0) is 13.1 Å². The van der Waals surface area contributed by atoms with Crippen molar-refractivity contribution in [3.63, 3.8) is 0 Å². The summed E-state index contributed by atoms with van der Waals surface area (Å²) in [5.74, 6) is 0.0280. The van der Waals surface area contributed by atoms with Crippen LogP contribution in [0, 0.1) is 13.8 Å². The van der Waals surface area contributed by atoms with Gasteiger partial charge in [0, 0.05) is 10.6 Å². The normalized spacial score (nSPS) is 12.9. The molecule has 3 rings (SSSR count). The van der Waals surface area contributed by atoms with E-state index in [-0.39, 0.29) is 12.4 Å². The lowest BCUT2D eigenvalue weighted by molar-refractivity contribution is -0.207. The van der Waals surface area contributed by atoms with Gasteiger partial charge in [0.25, 0.3) is 0 Å². The Labute approximate surface area is 170 Å². The van der Waals surface area contributed by atoms with Crippen LogP contribution in [0.3, 0.4) is 0 Å². The van der Waals surface area contributed by atoms with Gasteiger partial charge in [-0.2, -0.15) is 13.2 Å². The lowest BCUT2D eigenvalue weighted by Gasteiger charge is -2.15. The van der Waals surface area contributed by atoms with Crippen LogP contribution >= 0.6 is 11.6 Å². The Morgan fingerprint density at radius 2 is 1.79 bits per heavy atom. The van der Waals surface area contributed by atoms with Crippen LogP contribution in [0.15, 0.2) is 47.3 Å². The molecule has 3 aromatic rings. The minimum Gasteiger partial charge on any atom is -0.382 e. The van der Waals surface area contributed by atoms with Crippen LogP contribution in [-0.4, -0.2) is 31.7 Å². The number of aliphatic hydroxyl groups is 1. The lowest BCUT2D eigenvalue weighted by Crippen LogP contribution is -2.37. The average Bonchev–Trinajstić information content (AvgIpc) is 2.95. The number of aryl methyl sites for hydroxylation is 1. The molecule has 1 aromatic heterocycles. The van der Waals surface area contributed by atoms with Gasteiger partial charge in [-0.05, 0) is 54.8 Å². The Kier molecular flexibility index (Phi) is 5.86. The fourth-order valence-corrected chi connectivity index (χ4v) is 3.07. The predicted molar refractivity (Wildman–Crippen MR) is 104 cm³/mol. The zero-order valence-electron chi connectivity index (χ0n) is 15.7. The molecular weight excluding hydrogens is 407 g/mol. The van der Waals surface area contributed by atoms with Crippen molar-refractivity contribution in [2.45, 2.75) is 39.2 Å². The van der Waals surface area contributed by atoms with Crippen LogP contribution in [0.2, 0.25) is 5.02 Å². The Morgan fingerprint density at radius 1 is 1.14 bits per heavy atom. The number of nitrogens with zero attached hydrogens (tertiary/aromatic N) is 3. The van der Waals surface area contributed by atoms with Crippen molar-refractivity contribution in [1.29, 1.82) is 0 Å². The highest BCUT2D eigenvalue weighted by molar-refractivity contribution is 6.30.